The zero-order valence-corrected chi connectivity index (χ0v) is 9.48. The summed E-state index contributed by atoms with van der Waals surface area (Å²) >= 11 is 0. The average Bonchev–Trinajstić information content (AvgIpc) is 2.86. The van der Waals surface area contributed by atoms with Crippen molar-refractivity contribution >= 4 is 35.5 Å². The van der Waals surface area contributed by atoms with Gasteiger partial charge in [0.15, 0.2) is 0 Å². The van der Waals surface area contributed by atoms with E-state index < -0.39 is 0 Å². The van der Waals surface area contributed by atoms with Crippen molar-refractivity contribution < 1.29 is 2.85 Å². The van der Waals surface area contributed by atoms with E-state index in [1.54, 1.807) is 0 Å². The SMILES string of the molecule is C#CC1CC1.C#CC1CC1.Cl.[H-].[H-].[Mg+2]. The van der Waals surface area contributed by atoms with Crippen molar-refractivity contribution in [2.75, 3.05) is 0 Å². The third-order valence-corrected chi connectivity index (χ3v) is 1.63. The first-order chi connectivity index (χ1) is 4.86. The van der Waals surface area contributed by atoms with Gasteiger partial charge >= 0.3 is 23.1 Å². The average molecular weight is 195 g/mol. The molecule has 2 heteroatoms. The van der Waals surface area contributed by atoms with Gasteiger partial charge < -0.3 is 2.85 Å². The smallest absolute Gasteiger partial charge is 1.00 e. The van der Waals surface area contributed by atoms with E-state index in [0.29, 0.717) is 11.8 Å². The van der Waals surface area contributed by atoms with Crippen LogP contribution in [0.3, 0.4) is 0 Å². The third kappa shape index (κ3) is 8.27. The molecule has 12 heavy (non-hydrogen) atoms. The largest absolute Gasteiger partial charge is 2.00 e. The van der Waals surface area contributed by atoms with E-state index in [9.17, 15) is 0 Å². The summed E-state index contributed by atoms with van der Waals surface area (Å²) in [5.41, 5.74) is 0. The van der Waals surface area contributed by atoms with Gasteiger partial charge in [0, 0.05) is 11.8 Å². The molecular formula is C10H15ClMg. The Balaban J connectivity index is -0.0000000556. The van der Waals surface area contributed by atoms with Crippen molar-refractivity contribution in [2.45, 2.75) is 25.7 Å². The Morgan fingerprint density at radius 3 is 1.17 bits per heavy atom. The summed E-state index contributed by atoms with van der Waals surface area (Å²) in [5.74, 6) is 6.60. The second-order valence-electron chi connectivity index (χ2n) is 2.88. The van der Waals surface area contributed by atoms with Crippen molar-refractivity contribution in [3.05, 3.63) is 0 Å². The quantitative estimate of drug-likeness (QED) is 0.411. The van der Waals surface area contributed by atoms with E-state index in [0.717, 1.165) is 0 Å². The Bertz CT molecular complexity index is 165. The second kappa shape index (κ2) is 7.81. The predicted octanol–water partition coefficient (Wildman–Crippen LogP) is 2.33. The summed E-state index contributed by atoms with van der Waals surface area (Å²) < 4.78 is 0. The summed E-state index contributed by atoms with van der Waals surface area (Å²) in [5, 5.41) is 0. The van der Waals surface area contributed by atoms with Crippen molar-refractivity contribution in [1.82, 2.24) is 0 Å². The third-order valence-electron chi connectivity index (χ3n) is 1.63. The van der Waals surface area contributed by atoms with Crippen LogP contribution >= 0.6 is 12.4 Å². The Kier molecular flexibility index (Phi) is 9.55. The molecule has 2 rings (SSSR count). The first kappa shape index (κ1) is 14.7. The monoisotopic (exact) mass is 194 g/mol. The molecule has 2 saturated carbocycles. The molecule has 0 saturated heterocycles. The number of halogens is 1. The molecule has 0 nitrogen and oxygen atoms in total. The molecule has 64 valence electrons. The van der Waals surface area contributed by atoms with Gasteiger partial charge in [-0.2, -0.15) is 0 Å². The molecule has 0 spiro atoms. The van der Waals surface area contributed by atoms with E-state index in [2.05, 4.69) is 11.8 Å². The molecule has 0 amide bonds. The minimum absolute atomic E-state index is 0. The summed E-state index contributed by atoms with van der Waals surface area (Å²) in [4.78, 5) is 0. The first-order valence-electron chi connectivity index (χ1n) is 3.79. The Morgan fingerprint density at radius 1 is 0.917 bits per heavy atom. The maximum atomic E-state index is 4.98. The summed E-state index contributed by atoms with van der Waals surface area (Å²) in [6.07, 6.45) is 15.1. The Labute approximate surface area is 100 Å². The molecule has 0 N–H and O–H groups in total. The molecule has 0 bridgehead atoms. The molecule has 2 aliphatic carbocycles. The predicted molar refractivity (Wildman–Crippen MR) is 58.3 cm³/mol. The van der Waals surface area contributed by atoms with E-state index in [1.807, 2.05) is 0 Å². The standard InChI is InChI=1S/2C5H6.ClH.Mg.2H/c2*1-2-5-3-4-5;;;;/h2*1,5H,3-4H2;1H;;;/q;;;+2;2*-1. The zero-order valence-electron chi connectivity index (χ0n) is 9.25. The van der Waals surface area contributed by atoms with Gasteiger partial charge in [-0.1, -0.05) is 0 Å². The molecule has 0 aliphatic heterocycles. The van der Waals surface area contributed by atoms with Gasteiger partial charge in [-0.05, 0) is 25.7 Å². The van der Waals surface area contributed by atoms with Crippen molar-refractivity contribution in [3.63, 3.8) is 0 Å². The van der Waals surface area contributed by atoms with Crippen LogP contribution in [0, 0.1) is 36.5 Å². The van der Waals surface area contributed by atoms with E-state index in [-0.39, 0.29) is 38.3 Å². The topological polar surface area (TPSA) is 0 Å². The second-order valence-corrected chi connectivity index (χ2v) is 2.88. The zero-order chi connectivity index (χ0) is 7.40. The number of hydrogen-bond donors (Lipinski definition) is 0. The van der Waals surface area contributed by atoms with Gasteiger partial charge in [-0.15, -0.1) is 37.1 Å². The molecule has 2 aliphatic rings. The maximum Gasteiger partial charge on any atom is 2.00 e. The molecule has 2 fully saturated rings. The van der Waals surface area contributed by atoms with Crippen LogP contribution in [0.25, 0.3) is 0 Å². The number of hydrogen-bond acceptors (Lipinski definition) is 0. The van der Waals surface area contributed by atoms with Crippen LogP contribution in [0.5, 0.6) is 0 Å². The van der Waals surface area contributed by atoms with Crippen LogP contribution in [0.1, 0.15) is 28.5 Å². The fourth-order valence-electron chi connectivity index (χ4n) is 0.500. The van der Waals surface area contributed by atoms with Crippen LogP contribution in [-0.4, -0.2) is 23.1 Å². The van der Waals surface area contributed by atoms with Gasteiger partial charge in [-0.3, -0.25) is 0 Å². The summed E-state index contributed by atoms with van der Waals surface area (Å²) in [6.45, 7) is 0. The molecule has 0 atom stereocenters. The maximum absolute atomic E-state index is 4.98. The molecular weight excluding hydrogens is 180 g/mol. The Morgan fingerprint density at radius 2 is 1.17 bits per heavy atom. The molecule has 0 aromatic heterocycles. The Hall–Kier alpha value is 0.176. The van der Waals surface area contributed by atoms with Crippen LogP contribution in [0.4, 0.5) is 0 Å². The van der Waals surface area contributed by atoms with Crippen LogP contribution in [-0.2, 0) is 0 Å². The molecule has 0 aromatic rings. The van der Waals surface area contributed by atoms with Crippen molar-refractivity contribution in [3.8, 4) is 24.7 Å². The summed E-state index contributed by atoms with van der Waals surface area (Å²) in [7, 11) is 0. The first-order valence-corrected chi connectivity index (χ1v) is 3.79. The van der Waals surface area contributed by atoms with Crippen molar-refractivity contribution in [1.29, 1.82) is 0 Å². The fourth-order valence-corrected chi connectivity index (χ4v) is 0.500. The molecule has 0 aromatic carbocycles. The normalized spacial score (nSPS) is 17.8. The molecule has 0 heterocycles. The fraction of sp³-hybridized carbons (Fsp3) is 0.600. The van der Waals surface area contributed by atoms with Crippen LogP contribution < -0.4 is 0 Å². The van der Waals surface area contributed by atoms with E-state index in [4.69, 9.17) is 12.8 Å². The minimum Gasteiger partial charge on any atom is -1.00 e. The molecule has 0 radical (unpaired) electrons. The van der Waals surface area contributed by atoms with E-state index >= 15 is 0 Å². The van der Waals surface area contributed by atoms with Crippen LogP contribution in [0.2, 0.25) is 0 Å². The minimum atomic E-state index is 0. The van der Waals surface area contributed by atoms with Crippen molar-refractivity contribution in [2.24, 2.45) is 11.8 Å². The van der Waals surface area contributed by atoms with Gasteiger partial charge in [-0.25, -0.2) is 0 Å². The number of terminal acetylenes is 2. The number of rotatable bonds is 0. The van der Waals surface area contributed by atoms with Gasteiger partial charge in [0.25, 0.3) is 0 Å². The van der Waals surface area contributed by atoms with Gasteiger partial charge in [0.2, 0.25) is 0 Å². The van der Waals surface area contributed by atoms with Crippen LogP contribution in [0.15, 0.2) is 0 Å². The summed E-state index contributed by atoms with van der Waals surface area (Å²) in [6, 6.07) is 0. The van der Waals surface area contributed by atoms with E-state index in [1.165, 1.54) is 25.7 Å². The van der Waals surface area contributed by atoms with Gasteiger partial charge in [0.1, 0.15) is 0 Å². The molecule has 0 unspecified atom stereocenters. The van der Waals surface area contributed by atoms with Gasteiger partial charge in [0.05, 0.1) is 0 Å².